The second-order valence-corrected chi connectivity index (χ2v) is 6.55. The van der Waals surface area contributed by atoms with Crippen LogP contribution in [0.4, 0.5) is 8.78 Å². The van der Waals surface area contributed by atoms with Crippen molar-refractivity contribution in [2.75, 3.05) is 19.7 Å². The largest absolute Gasteiger partial charge is 0.396 e. The van der Waals surface area contributed by atoms with E-state index in [4.69, 9.17) is 0 Å². The highest BCUT2D eigenvalue weighted by Crippen LogP contribution is 2.34. The molecule has 0 bridgehead atoms. The molecule has 0 aliphatic carbocycles. The number of aromatic nitrogens is 4. The molecule has 1 aromatic heterocycles. The van der Waals surface area contributed by atoms with E-state index < -0.39 is 30.9 Å². The first-order valence-corrected chi connectivity index (χ1v) is 8.48. The summed E-state index contributed by atoms with van der Waals surface area (Å²) < 4.78 is 29.1. The number of benzene rings is 1. The van der Waals surface area contributed by atoms with E-state index in [0.717, 1.165) is 5.56 Å². The number of alkyl halides is 2. The zero-order chi connectivity index (χ0) is 18.7. The molecular weight excluding hydrogens is 344 g/mol. The van der Waals surface area contributed by atoms with E-state index in [1.165, 1.54) is 9.58 Å². The Bertz CT molecular complexity index is 753. The van der Waals surface area contributed by atoms with Crippen molar-refractivity contribution >= 4 is 5.91 Å². The second-order valence-electron chi connectivity index (χ2n) is 6.55. The van der Waals surface area contributed by atoms with Crippen LogP contribution in [-0.4, -0.2) is 61.7 Å². The van der Waals surface area contributed by atoms with Gasteiger partial charge in [0.05, 0.1) is 12.5 Å². The van der Waals surface area contributed by atoms with Crippen LogP contribution in [0.25, 0.3) is 0 Å². The summed E-state index contributed by atoms with van der Waals surface area (Å²) >= 11 is 0. The number of carbonyl (C=O) groups excluding carboxylic acids is 1. The Morgan fingerprint density at radius 1 is 1.38 bits per heavy atom. The van der Waals surface area contributed by atoms with E-state index in [2.05, 4.69) is 15.5 Å². The summed E-state index contributed by atoms with van der Waals surface area (Å²) in [5.41, 5.74) is 0.918. The molecule has 9 heteroatoms. The van der Waals surface area contributed by atoms with Crippen molar-refractivity contribution in [1.29, 1.82) is 0 Å². The van der Waals surface area contributed by atoms with Gasteiger partial charge in [-0.05, 0) is 22.9 Å². The Morgan fingerprint density at radius 2 is 2.12 bits per heavy atom. The molecule has 2 aromatic rings. The summed E-state index contributed by atoms with van der Waals surface area (Å²) in [4.78, 5) is 14.5. The van der Waals surface area contributed by atoms with Gasteiger partial charge in [0.25, 0.3) is 5.92 Å². The lowest BCUT2D eigenvalue weighted by molar-refractivity contribution is -0.152. The fourth-order valence-corrected chi connectivity index (χ4v) is 3.22. The first-order chi connectivity index (χ1) is 12.4. The van der Waals surface area contributed by atoms with E-state index in [1.54, 1.807) is 6.92 Å². The minimum Gasteiger partial charge on any atom is -0.396 e. The van der Waals surface area contributed by atoms with Gasteiger partial charge >= 0.3 is 0 Å². The number of tetrazole rings is 1. The minimum atomic E-state index is -2.97. The lowest BCUT2D eigenvalue weighted by Gasteiger charge is -2.38. The summed E-state index contributed by atoms with van der Waals surface area (Å²) in [6.45, 7) is 0.778. The molecule has 0 radical (unpaired) electrons. The Balaban J connectivity index is 1.85. The first-order valence-electron chi connectivity index (χ1n) is 8.48. The number of carbonyl (C=O) groups is 1. The van der Waals surface area contributed by atoms with Crippen LogP contribution in [-0.2, 0) is 11.2 Å². The van der Waals surface area contributed by atoms with Crippen LogP contribution in [0.5, 0.6) is 0 Å². The predicted molar refractivity (Wildman–Crippen MR) is 88.5 cm³/mol. The highest BCUT2D eigenvalue weighted by Gasteiger charge is 2.45. The number of hydrogen-bond acceptors (Lipinski definition) is 5. The Morgan fingerprint density at radius 3 is 2.73 bits per heavy atom. The summed E-state index contributed by atoms with van der Waals surface area (Å²) in [5.74, 6) is -4.07. The monoisotopic (exact) mass is 365 g/mol. The molecule has 1 fully saturated rings. The van der Waals surface area contributed by atoms with Gasteiger partial charge in [-0.2, -0.15) is 0 Å². The molecule has 1 saturated heterocycles. The van der Waals surface area contributed by atoms with Crippen molar-refractivity contribution in [3.63, 3.8) is 0 Å². The van der Waals surface area contributed by atoms with Crippen LogP contribution in [0, 0.1) is 12.8 Å². The quantitative estimate of drug-likeness (QED) is 0.862. The molecule has 140 valence electrons. The fraction of sp³-hybridized carbons (Fsp3) is 0.529. The van der Waals surface area contributed by atoms with Crippen LogP contribution in [0.1, 0.15) is 23.9 Å². The Labute approximate surface area is 149 Å². The first kappa shape index (κ1) is 18.4. The highest BCUT2D eigenvalue weighted by atomic mass is 19.3. The fourth-order valence-electron chi connectivity index (χ4n) is 3.22. The van der Waals surface area contributed by atoms with Crippen LogP contribution < -0.4 is 0 Å². The van der Waals surface area contributed by atoms with Gasteiger partial charge in [-0.3, -0.25) is 4.79 Å². The van der Waals surface area contributed by atoms with Crippen LogP contribution in [0.3, 0.4) is 0 Å². The van der Waals surface area contributed by atoms with Crippen LogP contribution in [0.15, 0.2) is 30.3 Å². The van der Waals surface area contributed by atoms with Crippen molar-refractivity contribution in [1.82, 2.24) is 25.1 Å². The number of halogens is 2. The number of piperidine rings is 1. The molecule has 2 atom stereocenters. The molecule has 3 rings (SSSR count). The maximum atomic E-state index is 13.9. The predicted octanol–water partition coefficient (Wildman–Crippen LogP) is 1.24. The van der Waals surface area contributed by atoms with Gasteiger partial charge in [0, 0.05) is 25.9 Å². The molecule has 1 aliphatic rings. The van der Waals surface area contributed by atoms with Gasteiger partial charge < -0.3 is 10.0 Å². The molecule has 1 N–H and O–H groups in total. The molecule has 0 saturated carbocycles. The van der Waals surface area contributed by atoms with Gasteiger partial charge in [-0.15, -0.1) is 5.10 Å². The van der Waals surface area contributed by atoms with Gasteiger partial charge in [0.15, 0.2) is 0 Å². The van der Waals surface area contributed by atoms with Crippen molar-refractivity contribution in [3.05, 3.63) is 41.7 Å². The highest BCUT2D eigenvalue weighted by molar-refractivity contribution is 5.81. The number of likely N-dealkylation sites (tertiary alicyclic amines) is 1. The molecule has 0 spiro atoms. The third kappa shape index (κ3) is 3.72. The van der Waals surface area contributed by atoms with Gasteiger partial charge in [0.1, 0.15) is 11.9 Å². The van der Waals surface area contributed by atoms with E-state index in [0.29, 0.717) is 12.2 Å². The van der Waals surface area contributed by atoms with Crippen molar-refractivity contribution < 1.29 is 18.7 Å². The molecule has 2 unspecified atom stereocenters. The molecule has 2 heterocycles. The standard InChI is InChI=1S/C17H21F2N5O2/c1-12-20-21-22-24(12)15(9-13-5-3-2-4-6-13)16(26)23-8-7-17(18,19)14(10-23)11-25/h2-6,14-15,25H,7-11H2,1H3. The Hall–Kier alpha value is -2.42. The van der Waals surface area contributed by atoms with E-state index in [-0.39, 0.29) is 19.0 Å². The smallest absolute Gasteiger partial charge is 0.256 e. The number of hydrogen-bond donors (Lipinski definition) is 1. The van der Waals surface area contributed by atoms with Gasteiger partial charge in [-0.25, -0.2) is 13.5 Å². The number of amides is 1. The molecule has 1 aliphatic heterocycles. The summed E-state index contributed by atoms with van der Waals surface area (Å²) in [6, 6.07) is 8.67. The number of nitrogens with zero attached hydrogens (tertiary/aromatic N) is 5. The topological polar surface area (TPSA) is 84.1 Å². The number of aliphatic hydroxyl groups is 1. The van der Waals surface area contributed by atoms with E-state index in [1.807, 2.05) is 30.3 Å². The van der Waals surface area contributed by atoms with Crippen molar-refractivity contribution in [3.8, 4) is 0 Å². The normalized spacial score (nSPS) is 20.8. The zero-order valence-electron chi connectivity index (χ0n) is 14.4. The van der Waals surface area contributed by atoms with E-state index >= 15 is 0 Å². The average Bonchev–Trinajstić information content (AvgIpc) is 3.05. The molecule has 26 heavy (non-hydrogen) atoms. The third-order valence-electron chi connectivity index (χ3n) is 4.79. The number of aliphatic hydroxyl groups excluding tert-OH is 1. The number of aryl methyl sites for hydroxylation is 1. The van der Waals surface area contributed by atoms with Crippen LogP contribution in [0.2, 0.25) is 0 Å². The van der Waals surface area contributed by atoms with Gasteiger partial charge in [-0.1, -0.05) is 30.3 Å². The molecule has 1 amide bonds. The minimum absolute atomic E-state index is 0.0607. The Kier molecular flexibility index (Phi) is 5.26. The van der Waals surface area contributed by atoms with Crippen LogP contribution >= 0.6 is 0 Å². The second kappa shape index (κ2) is 7.45. The summed E-state index contributed by atoms with van der Waals surface area (Å²) in [7, 11) is 0. The van der Waals surface area contributed by atoms with E-state index in [9.17, 15) is 18.7 Å². The molecule has 1 aromatic carbocycles. The maximum absolute atomic E-state index is 13.9. The molecular formula is C17H21F2N5O2. The summed E-state index contributed by atoms with van der Waals surface area (Å²) in [6.07, 6.45) is -0.112. The van der Waals surface area contributed by atoms with Crippen molar-refractivity contribution in [2.45, 2.75) is 31.7 Å². The van der Waals surface area contributed by atoms with Crippen molar-refractivity contribution in [2.24, 2.45) is 5.92 Å². The SMILES string of the molecule is Cc1nnnn1C(Cc1ccccc1)C(=O)N1CCC(F)(F)C(CO)C1. The van der Waals surface area contributed by atoms with Gasteiger partial charge in [0.2, 0.25) is 5.91 Å². The zero-order valence-corrected chi connectivity index (χ0v) is 14.4. The lowest BCUT2D eigenvalue weighted by atomic mass is 9.93. The third-order valence-corrected chi connectivity index (χ3v) is 4.79. The lowest BCUT2D eigenvalue weighted by Crippen LogP contribution is -2.52. The molecule has 7 nitrogen and oxygen atoms in total. The summed E-state index contributed by atoms with van der Waals surface area (Å²) in [5, 5.41) is 20.6. The average molecular weight is 365 g/mol. The maximum Gasteiger partial charge on any atom is 0.256 e. The number of rotatable bonds is 5.